The Kier molecular flexibility index (Phi) is 6.03. The molecule has 0 saturated carbocycles. The average molecular weight is 453 g/mol. The highest BCUT2D eigenvalue weighted by molar-refractivity contribution is 7.80. The second kappa shape index (κ2) is 8.09. The fourth-order valence-corrected chi connectivity index (χ4v) is 4.68. The van der Waals surface area contributed by atoms with Crippen molar-refractivity contribution in [3.05, 3.63) is 27.6 Å². The summed E-state index contributed by atoms with van der Waals surface area (Å²) in [5, 5.41) is 11.7. The van der Waals surface area contributed by atoms with Gasteiger partial charge < -0.3 is 25.2 Å². The molecule has 0 radical (unpaired) electrons. The van der Waals surface area contributed by atoms with E-state index in [-0.39, 0.29) is 22.6 Å². The molecule has 1 aromatic heterocycles. The van der Waals surface area contributed by atoms with E-state index >= 15 is 0 Å². The van der Waals surface area contributed by atoms with Crippen LogP contribution in [0.5, 0.6) is 0 Å². The molecule has 3 N–H and O–H groups in total. The third-order valence-corrected chi connectivity index (χ3v) is 6.32. The quantitative estimate of drug-likeness (QED) is 0.290. The molecule has 2 aliphatic heterocycles. The summed E-state index contributed by atoms with van der Waals surface area (Å²) in [5.74, 6) is -2.20. The highest BCUT2D eigenvalue weighted by atomic mass is 32.1. The van der Waals surface area contributed by atoms with Crippen LogP contribution in [0.1, 0.15) is 44.6 Å². The van der Waals surface area contributed by atoms with Crippen molar-refractivity contribution in [3.63, 3.8) is 0 Å². The molecule has 3 heterocycles. The first-order valence-corrected chi connectivity index (χ1v) is 10.7. The zero-order chi connectivity index (χ0) is 22.4. The Hall–Kier alpha value is -2.30. The van der Waals surface area contributed by atoms with E-state index in [4.69, 9.17) is 27.4 Å². The third kappa shape index (κ3) is 3.99. The normalized spacial score (nSPS) is 21.8. The molecule has 1 fully saturated rings. The highest BCUT2D eigenvalue weighted by Gasteiger charge is 2.57. The molecule has 0 spiro atoms. The van der Waals surface area contributed by atoms with Crippen LogP contribution in [0.3, 0.4) is 0 Å². The van der Waals surface area contributed by atoms with Gasteiger partial charge in [0, 0.05) is 21.4 Å². The first kappa shape index (κ1) is 22.4. The van der Waals surface area contributed by atoms with Crippen molar-refractivity contribution in [3.8, 4) is 0 Å². The number of aliphatic hydroxyl groups excluding tert-OH is 1. The minimum absolute atomic E-state index is 0.102. The zero-order valence-electron chi connectivity index (χ0n) is 17.1. The van der Waals surface area contributed by atoms with Crippen molar-refractivity contribution in [1.29, 1.82) is 0 Å². The van der Waals surface area contributed by atoms with Crippen LogP contribution in [-0.4, -0.2) is 51.8 Å². The number of β-lactam (4-membered cyclic amide) rings is 1. The van der Waals surface area contributed by atoms with Crippen LogP contribution in [0.15, 0.2) is 17.1 Å². The molecule has 8 nitrogen and oxygen atoms in total. The van der Waals surface area contributed by atoms with Gasteiger partial charge in [0.15, 0.2) is 0 Å². The molecule has 0 bridgehead atoms. The lowest BCUT2D eigenvalue weighted by Gasteiger charge is -2.44. The summed E-state index contributed by atoms with van der Waals surface area (Å²) in [6.45, 7) is 6.05. The summed E-state index contributed by atoms with van der Waals surface area (Å²) < 4.78 is 10.2. The molecular formula is C20H24N2O6S2. The molecule has 0 aliphatic carbocycles. The topological polar surface area (TPSA) is 119 Å². The Bertz CT molecular complexity index is 943. The van der Waals surface area contributed by atoms with Crippen LogP contribution >= 0.6 is 23.6 Å². The number of nitrogens with two attached hydrogens (primary N) is 1. The van der Waals surface area contributed by atoms with Crippen molar-refractivity contribution >= 4 is 52.0 Å². The van der Waals surface area contributed by atoms with Gasteiger partial charge in [0.25, 0.3) is 0 Å². The van der Waals surface area contributed by atoms with E-state index in [0.29, 0.717) is 17.6 Å². The zero-order valence-corrected chi connectivity index (χ0v) is 18.8. The predicted octanol–water partition coefficient (Wildman–Crippen LogP) is 1.79. The number of fused-ring (bicyclic) bond motifs is 1. The second-order valence-corrected chi connectivity index (χ2v) is 9.72. The molecule has 3 rings (SSSR count). The Labute approximate surface area is 183 Å². The SMILES string of the molecule is CC(O)C1C(=O)N2C(C(=O)OCOC(=O)C(C)(C)C)=C(c3cc(C(N)=S)cs3)CC12. The van der Waals surface area contributed by atoms with Crippen molar-refractivity contribution in [2.45, 2.75) is 46.3 Å². The van der Waals surface area contributed by atoms with Crippen molar-refractivity contribution in [1.82, 2.24) is 4.90 Å². The first-order valence-electron chi connectivity index (χ1n) is 9.40. The Morgan fingerprint density at radius 3 is 2.60 bits per heavy atom. The van der Waals surface area contributed by atoms with Crippen molar-refractivity contribution < 1.29 is 29.0 Å². The molecule has 10 heteroatoms. The summed E-state index contributed by atoms with van der Waals surface area (Å²) in [5.41, 5.74) is 6.34. The fraction of sp³-hybridized carbons (Fsp3) is 0.500. The number of ether oxygens (including phenoxy) is 2. The van der Waals surface area contributed by atoms with E-state index in [1.807, 2.05) is 0 Å². The van der Waals surface area contributed by atoms with Gasteiger partial charge in [0.05, 0.1) is 23.5 Å². The predicted molar refractivity (Wildman–Crippen MR) is 114 cm³/mol. The Morgan fingerprint density at radius 2 is 2.07 bits per heavy atom. The number of thiophene rings is 1. The molecule has 1 aromatic rings. The van der Waals surface area contributed by atoms with Crippen LogP contribution in [0.4, 0.5) is 0 Å². The first-order chi connectivity index (χ1) is 13.9. The molecule has 162 valence electrons. The van der Waals surface area contributed by atoms with Gasteiger partial charge in [0.2, 0.25) is 12.7 Å². The lowest BCUT2D eigenvalue weighted by molar-refractivity contribution is -0.175. The number of hydrogen-bond acceptors (Lipinski definition) is 8. The molecule has 30 heavy (non-hydrogen) atoms. The molecular weight excluding hydrogens is 428 g/mol. The van der Waals surface area contributed by atoms with E-state index in [1.165, 1.54) is 16.2 Å². The number of thiocarbonyl (C=S) groups is 1. The van der Waals surface area contributed by atoms with Gasteiger partial charge in [-0.2, -0.15) is 0 Å². The minimum atomic E-state index is -0.835. The molecule has 1 amide bonds. The highest BCUT2D eigenvalue weighted by Crippen LogP contribution is 2.48. The standard InChI is InChI=1S/C20H24N2O6S2/c1-9(23)14-12-6-11(13-5-10(7-30-13)16(21)29)15(22(12)17(14)24)18(25)27-8-28-19(26)20(2,3)4/h5,7,9,12,14,23H,6,8H2,1-4H3,(H2,21,29). The summed E-state index contributed by atoms with van der Waals surface area (Å²) in [6, 6.07) is 1.44. The molecule has 3 atom stereocenters. The van der Waals surface area contributed by atoms with Gasteiger partial charge in [-0.15, -0.1) is 11.3 Å². The number of hydrogen-bond donors (Lipinski definition) is 2. The van der Waals surface area contributed by atoms with E-state index < -0.39 is 36.2 Å². The van der Waals surface area contributed by atoms with Crippen LogP contribution in [0.25, 0.3) is 5.57 Å². The second-order valence-electron chi connectivity index (χ2n) is 8.37. The molecule has 1 saturated heterocycles. The van der Waals surface area contributed by atoms with Gasteiger partial charge in [-0.1, -0.05) is 12.2 Å². The van der Waals surface area contributed by atoms with Gasteiger partial charge in [-0.05, 0) is 40.2 Å². The molecule has 2 aliphatic rings. The summed E-state index contributed by atoms with van der Waals surface area (Å²) >= 11 is 6.36. The summed E-state index contributed by atoms with van der Waals surface area (Å²) in [7, 11) is 0. The molecule has 0 aromatic carbocycles. The lowest BCUT2D eigenvalue weighted by Crippen LogP contribution is -2.61. The molecule has 3 unspecified atom stereocenters. The van der Waals surface area contributed by atoms with E-state index in [9.17, 15) is 19.5 Å². The fourth-order valence-electron chi connectivity index (χ4n) is 3.52. The van der Waals surface area contributed by atoms with Crippen LogP contribution in [0, 0.1) is 11.3 Å². The van der Waals surface area contributed by atoms with Gasteiger partial charge in [0.1, 0.15) is 10.7 Å². The number of esters is 2. The van der Waals surface area contributed by atoms with E-state index in [1.54, 1.807) is 39.1 Å². The lowest BCUT2D eigenvalue weighted by atomic mass is 9.83. The van der Waals surface area contributed by atoms with Gasteiger partial charge in [-0.3, -0.25) is 9.59 Å². The Morgan fingerprint density at radius 1 is 1.40 bits per heavy atom. The smallest absolute Gasteiger partial charge is 0.358 e. The number of carbonyl (C=O) groups excluding carboxylic acids is 3. The van der Waals surface area contributed by atoms with Crippen LogP contribution < -0.4 is 5.73 Å². The van der Waals surface area contributed by atoms with Gasteiger partial charge in [-0.25, -0.2) is 4.79 Å². The van der Waals surface area contributed by atoms with E-state index in [2.05, 4.69) is 0 Å². The maximum absolute atomic E-state index is 12.8. The number of rotatable bonds is 6. The van der Waals surface area contributed by atoms with Crippen LogP contribution in [0.2, 0.25) is 0 Å². The van der Waals surface area contributed by atoms with Crippen molar-refractivity contribution in [2.24, 2.45) is 17.1 Å². The van der Waals surface area contributed by atoms with Crippen molar-refractivity contribution in [2.75, 3.05) is 6.79 Å². The third-order valence-electron chi connectivity index (χ3n) is 5.10. The maximum Gasteiger partial charge on any atom is 0.358 e. The Balaban J connectivity index is 1.85. The largest absolute Gasteiger partial charge is 0.427 e. The van der Waals surface area contributed by atoms with E-state index in [0.717, 1.165) is 4.88 Å². The number of nitrogens with zero attached hydrogens (tertiary/aromatic N) is 1. The average Bonchev–Trinajstić information content (AvgIpc) is 3.23. The summed E-state index contributed by atoms with van der Waals surface area (Å²) in [4.78, 5) is 39.7. The number of amides is 1. The van der Waals surface area contributed by atoms with Crippen LogP contribution in [-0.2, 0) is 23.9 Å². The minimum Gasteiger partial charge on any atom is -0.427 e. The number of aliphatic hydroxyl groups is 1. The summed E-state index contributed by atoms with van der Waals surface area (Å²) in [6.07, 6.45) is -0.441. The monoisotopic (exact) mass is 452 g/mol. The number of carbonyl (C=O) groups is 3. The maximum atomic E-state index is 12.8. The van der Waals surface area contributed by atoms with Gasteiger partial charge >= 0.3 is 11.9 Å².